The lowest BCUT2D eigenvalue weighted by Crippen LogP contribution is -2.05. The molecule has 5 heteroatoms. The predicted octanol–water partition coefficient (Wildman–Crippen LogP) is 2.11. The van der Waals surface area contributed by atoms with Crippen LogP contribution in [0.25, 0.3) is 0 Å². The monoisotopic (exact) mass is 208 g/mol. The van der Waals surface area contributed by atoms with Gasteiger partial charge in [-0.3, -0.25) is 5.43 Å². The van der Waals surface area contributed by atoms with E-state index in [4.69, 9.17) is 5.11 Å². The third-order valence-corrected chi connectivity index (χ3v) is 1.59. The lowest BCUT2D eigenvalue weighted by Gasteiger charge is -2.04. The zero-order valence-corrected chi connectivity index (χ0v) is 7.77. The molecule has 0 heterocycles. The Balaban J connectivity index is 3.06. The molecule has 1 aromatic carbocycles. The fraction of sp³-hybridized carbons (Fsp3) is 0. The van der Waals surface area contributed by atoms with E-state index in [0.29, 0.717) is 0 Å². The smallest absolute Gasteiger partial charge is 0.340 e. The van der Waals surface area contributed by atoms with Crippen molar-refractivity contribution in [3.05, 3.63) is 42.2 Å². The summed E-state index contributed by atoms with van der Waals surface area (Å²) >= 11 is 0. The highest BCUT2D eigenvalue weighted by molar-refractivity contribution is 5.94. The number of rotatable bonds is 4. The molecule has 4 nitrogen and oxygen atoms in total. The minimum atomic E-state index is -1.34. The van der Waals surface area contributed by atoms with Gasteiger partial charge in [-0.05, 0) is 18.2 Å². The van der Waals surface area contributed by atoms with Gasteiger partial charge in [-0.25, -0.2) is 9.18 Å². The summed E-state index contributed by atoms with van der Waals surface area (Å²) in [6.45, 7) is 3.39. The number of carboxylic acids is 1. The molecule has 15 heavy (non-hydrogen) atoms. The molecular formula is C10H9FN2O2. The Labute approximate surface area is 85.7 Å². The lowest BCUT2D eigenvalue weighted by atomic mass is 10.2. The Hall–Kier alpha value is -2.17. The van der Waals surface area contributed by atoms with Crippen LogP contribution in [-0.4, -0.2) is 17.3 Å². The van der Waals surface area contributed by atoms with Crippen molar-refractivity contribution in [1.29, 1.82) is 0 Å². The fourth-order valence-electron chi connectivity index (χ4n) is 0.994. The predicted molar refractivity (Wildman–Crippen MR) is 55.7 cm³/mol. The van der Waals surface area contributed by atoms with Gasteiger partial charge in [0.15, 0.2) is 0 Å². The van der Waals surface area contributed by atoms with E-state index in [1.807, 2.05) is 0 Å². The fourth-order valence-corrected chi connectivity index (χ4v) is 0.994. The second-order valence-corrected chi connectivity index (χ2v) is 2.59. The highest BCUT2D eigenvalue weighted by Crippen LogP contribution is 2.18. The number of allylic oxidation sites excluding steroid dienone is 1. The van der Waals surface area contributed by atoms with E-state index >= 15 is 0 Å². The van der Waals surface area contributed by atoms with Gasteiger partial charge in [0.25, 0.3) is 0 Å². The van der Waals surface area contributed by atoms with Crippen LogP contribution < -0.4 is 5.43 Å². The van der Waals surface area contributed by atoms with Crippen molar-refractivity contribution in [2.75, 3.05) is 5.43 Å². The molecule has 1 rings (SSSR count). The number of aromatic carboxylic acids is 1. The SMILES string of the molecule is C=C/C=N/Nc1cccc(F)c1C(=O)O. The average molecular weight is 208 g/mol. The molecule has 0 amide bonds. The van der Waals surface area contributed by atoms with Crippen molar-refractivity contribution in [3.8, 4) is 0 Å². The molecule has 1 aromatic rings. The maximum absolute atomic E-state index is 13.1. The highest BCUT2D eigenvalue weighted by Gasteiger charge is 2.14. The van der Waals surface area contributed by atoms with Crippen molar-refractivity contribution in [2.45, 2.75) is 0 Å². The first-order valence-electron chi connectivity index (χ1n) is 4.08. The van der Waals surface area contributed by atoms with E-state index in [9.17, 15) is 9.18 Å². The van der Waals surface area contributed by atoms with Crippen LogP contribution in [0.4, 0.5) is 10.1 Å². The Morgan fingerprint density at radius 2 is 2.33 bits per heavy atom. The van der Waals surface area contributed by atoms with Crippen molar-refractivity contribution in [2.24, 2.45) is 5.10 Å². The molecule has 0 spiro atoms. The van der Waals surface area contributed by atoms with Gasteiger partial charge in [0.2, 0.25) is 0 Å². The zero-order valence-electron chi connectivity index (χ0n) is 7.77. The van der Waals surface area contributed by atoms with Gasteiger partial charge in [-0.1, -0.05) is 12.6 Å². The van der Waals surface area contributed by atoms with E-state index in [-0.39, 0.29) is 5.69 Å². The first-order valence-corrected chi connectivity index (χ1v) is 4.08. The molecule has 0 saturated heterocycles. The summed E-state index contributed by atoms with van der Waals surface area (Å²) in [7, 11) is 0. The van der Waals surface area contributed by atoms with Crippen LogP contribution in [0.2, 0.25) is 0 Å². The van der Waals surface area contributed by atoms with E-state index in [0.717, 1.165) is 6.07 Å². The van der Waals surface area contributed by atoms with Gasteiger partial charge in [0, 0.05) is 6.21 Å². The highest BCUT2D eigenvalue weighted by atomic mass is 19.1. The Morgan fingerprint density at radius 1 is 1.60 bits per heavy atom. The van der Waals surface area contributed by atoms with Crippen molar-refractivity contribution < 1.29 is 14.3 Å². The van der Waals surface area contributed by atoms with Gasteiger partial charge in [0.05, 0.1) is 5.69 Å². The molecule has 78 valence electrons. The van der Waals surface area contributed by atoms with Crippen LogP contribution in [-0.2, 0) is 0 Å². The number of carbonyl (C=O) groups is 1. The summed E-state index contributed by atoms with van der Waals surface area (Å²) < 4.78 is 13.1. The van der Waals surface area contributed by atoms with E-state index in [1.54, 1.807) is 0 Å². The number of nitrogens with one attached hydrogen (secondary N) is 1. The second kappa shape index (κ2) is 4.90. The molecule has 0 fully saturated rings. The number of benzene rings is 1. The van der Waals surface area contributed by atoms with Crippen LogP contribution >= 0.6 is 0 Å². The standard InChI is InChI=1S/C10H9FN2O2/c1-2-6-12-13-8-5-3-4-7(11)9(8)10(14)15/h2-6,13H,1H2,(H,14,15)/b12-6+. The van der Waals surface area contributed by atoms with Gasteiger partial charge in [-0.2, -0.15) is 5.10 Å². The molecule has 0 unspecified atom stereocenters. The summed E-state index contributed by atoms with van der Waals surface area (Å²) in [5.41, 5.74) is 2.08. The molecule has 2 N–H and O–H groups in total. The van der Waals surface area contributed by atoms with E-state index in [1.165, 1.54) is 24.4 Å². The molecule has 0 aliphatic carbocycles. The summed E-state index contributed by atoms with van der Waals surface area (Å²) in [6.07, 6.45) is 2.74. The van der Waals surface area contributed by atoms with Crippen molar-refractivity contribution in [1.82, 2.24) is 0 Å². The molecule has 0 atom stereocenters. The van der Waals surface area contributed by atoms with Gasteiger partial charge in [0.1, 0.15) is 11.4 Å². The minimum Gasteiger partial charge on any atom is -0.478 e. The third kappa shape index (κ3) is 2.63. The summed E-state index contributed by atoms with van der Waals surface area (Å²) in [4.78, 5) is 10.7. The quantitative estimate of drug-likeness (QED) is 0.588. The van der Waals surface area contributed by atoms with Gasteiger partial charge < -0.3 is 5.11 Å². The maximum Gasteiger partial charge on any atom is 0.340 e. The van der Waals surface area contributed by atoms with Crippen LogP contribution in [0.1, 0.15) is 10.4 Å². The molecule has 0 aliphatic rings. The molecular weight excluding hydrogens is 199 g/mol. The number of hydrazone groups is 1. The van der Waals surface area contributed by atoms with Crippen LogP contribution in [0, 0.1) is 5.82 Å². The molecule has 0 saturated carbocycles. The lowest BCUT2D eigenvalue weighted by molar-refractivity contribution is 0.0693. The van der Waals surface area contributed by atoms with Gasteiger partial charge >= 0.3 is 5.97 Å². The summed E-state index contributed by atoms with van der Waals surface area (Å²) in [5, 5.41) is 12.4. The first-order chi connectivity index (χ1) is 7.16. The number of hydrogen-bond donors (Lipinski definition) is 2. The zero-order chi connectivity index (χ0) is 11.3. The maximum atomic E-state index is 13.1. The largest absolute Gasteiger partial charge is 0.478 e. The Kier molecular flexibility index (Phi) is 3.56. The van der Waals surface area contributed by atoms with Gasteiger partial charge in [-0.15, -0.1) is 0 Å². The summed E-state index contributed by atoms with van der Waals surface area (Å²) in [5.74, 6) is -2.15. The van der Waals surface area contributed by atoms with E-state index in [2.05, 4.69) is 17.1 Å². The van der Waals surface area contributed by atoms with Crippen LogP contribution in [0.15, 0.2) is 36.0 Å². The van der Waals surface area contributed by atoms with Crippen molar-refractivity contribution in [3.63, 3.8) is 0 Å². The molecule has 0 radical (unpaired) electrons. The number of carboxylic acid groups (broad SMARTS) is 1. The number of hydrogen-bond acceptors (Lipinski definition) is 3. The first kappa shape index (κ1) is 10.9. The normalized spacial score (nSPS) is 10.2. The summed E-state index contributed by atoms with van der Waals surface area (Å²) in [6, 6.07) is 3.90. The Bertz CT molecular complexity index is 416. The Morgan fingerprint density at radius 3 is 2.93 bits per heavy atom. The topological polar surface area (TPSA) is 61.7 Å². The number of anilines is 1. The number of halogens is 1. The second-order valence-electron chi connectivity index (χ2n) is 2.59. The van der Waals surface area contributed by atoms with Crippen molar-refractivity contribution >= 4 is 17.9 Å². The number of nitrogens with zero attached hydrogens (tertiary/aromatic N) is 1. The van der Waals surface area contributed by atoms with Crippen LogP contribution in [0.5, 0.6) is 0 Å². The van der Waals surface area contributed by atoms with Crippen LogP contribution in [0.3, 0.4) is 0 Å². The molecule has 0 aromatic heterocycles. The minimum absolute atomic E-state index is 0.0978. The molecule has 0 aliphatic heterocycles. The third-order valence-electron chi connectivity index (χ3n) is 1.59. The average Bonchev–Trinajstić information content (AvgIpc) is 2.17. The van der Waals surface area contributed by atoms with E-state index < -0.39 is 17.3 Å². The molecule has 0 bridgehead atoms.